The van der Waals surface area contributed by atoms with Gasteiger partial charge in [0.25, 0.3) is 5.91 Å². The molecule has 1 aliphatic rings. The molecule has 1 aliphatic heterocycles. The van der Waals surface area contributed by atoms with Gasteiger partial charge in [-0.3, -0.25) is 20.1 Å². The second kappa shape index (κ2) is 11.5. The quantitative estimate of drug-likeness (QED) is 0.233. The highest BCUT2D eigenvalue weighted by atomic mass is 19.1. The minimum absolute atomic E-state index is 0.320. The molecule has 1 amide bonds. The molecule has 7 rings (SSSR count). The number of pyridine rings is 1. The maximum atomic E-state index is 14.6. The lowest BCUT2D eigenvalue weighted by Gasteiger charge is -2.30. The highest BCUT2D eigenvalue weighted by Crippen LogP contribution is 2.33. The Morgan fingerprint density at radius 3 is 2.42 bits per heavy atom. The molecule has 0 saturated heterocycles. The zero-order valence-electron chi connectivity index (χ0n) is 23.3. The number of nitrogens with one attached hydrogen (secondary N) is 1. The van der Waals surface area contributed by atoms with Crippen molar-refractivity contribution in [2.24, 2.45) is 0 Å². The molecule has 0 aliphatic carbocycles. The molecule has 6 aromatic rings. The van der Waals surface area contributed by atoms with Gasteiger partial charge in [-0.1, -0.05) is 72.8 Å². The van der Waals surface area contributed by atoms with E-state index in [1.807, 2.05) is 89.6 Å². The molecule has 1 N–H and O–H groups in total. The maximum absolute atomic E-state index is 14.6. The Hall–Kier alpha value is -5.41. The molecule has 8 nitrogen and oxygen atoms in total. The van der Waals surface area contributed by atoms with Crippen molar-refractivity contribution in [3.8, 4) is 11.3 Å². The van der Waals surface area contributed by atoms with E-state index in [2.05, 4.69) is 20.4 Å². The Labute approximate surface area is 248 Å². The van der Waals surface area contributed by atoms with Crippen LogP contribution in [0.4, 0.5) is 15.8 Å². The third kappa shape index (κ3) is 5.33. The molecule has 0 unspecified atom stereocenters. The van der Waals surface area contributed by atoms with Gasteiger partial charge in [0.05, 0.1) is 41.2 Å². The predicted octanol–water partition coefficient (Wildman–Crippen LogP) is 6.13. The Morgan fingerprint density at radius 2 is 1.60 bits per heavy atom. The van der Waals surface area contributed by atoms with E-state index < -0.39 is 5.82 Å². The minimum atomic E-state index is -0.396. The largest absolute Gasteiger partial charge is 0.290 e. The SMILES string of the molecule is O=C(NN(c1ccccc1)c1cccc(F)c1)c1c(CN2CCn3ncnc3C2)c(-c2ccccc2)nc2ccccc12. The number of para-hydroxylation sites is 2. The van der Waals surface area contributed by atoms with E-state index >= 15 is 0 Å². The topological polar surface area (TPSA) is 79.2 Å². The van der Waals surface area contributed by atoms with Gasteiger partial charge in [-0.15, -0.1) is 0 Å². The Balaban J connectivity index is 1.38. The summed E-state index contributed by atoms with van der Waals surface area (Å²) in [5, 5.41) is 6.68. The number of hydrogen-bond acceptors (Lipinski definition) is 6. The van der Waals surface area contributed by atoms with Crippen molar-refractivity contribution in [2.75, 3.05) is 11.6 Å². The van der Waals surface area contributed by atoms with Crippen LogP contribution in [0.25, 0.3) is 22.2 Å². The van der Waals surface area contributed by atoms with Crippen molar-refractivity contribution in [1.29, 1.82) is 0 Å². The van der Waals surface area contributed by atoms with Gasteiger partial charge in [-0.2, -0.15) is 5.10 Å². The monoisotopic (exact) mass is 569 g/mol. The van der Waals surface area contributed by atoms with Crippen LogP contribution in [-0.2, 0) is 19.6 Å². The van der Waals surface area contributed by atoms with Gasteiger partial charge >= 0.3 is 0 Å². The summed E-state index contributed by atoms with van der Waals surface area (Å²) in [6.07, 6.45) is 1.58. The summed E-state index contributed by atoms with van der Waals surface area (Å²) in [5.74, 6) is 0.166. The summed E-state index contributed by atoms with van der Waals surface area (Å²) < 4.78 is 16.3. The van der Waals surface area contributed by atoms with Gasteiger partial charge in [0, 0.05) is 29.6 Å². The van der Waals surface area contributed by atoms with Crippen LogP contribution in [0, 0.1) is 5.82 Å². The molecule has 0 saturated carbocycles. The van der Waals surface area contributed by atoms with E-state index in [1.165, 1.54) is 12.1 Å². The smallest absolute Gasteiger partial charge is 0.271 e. The number of hydrogen-bond donors (Lipinski definition) is 1. The number of amides is 1. The number of rotatable bonds is 7. The minimum Gasteiger partial charge on any atom is -0.290 e. The van der Waals surface area contributed by atoms with E-state index in [9.17, 15) is 9.18 Å². The van der Waals surface area contributed by atoms with Crippen LogP contribution in [0.1, 0.15) is 21.7 Å². The first-order valence-electron chi connectivity index (χ1n) is 14.1. The zero-order valence-corrected chi connectivity index (χ0v) is 23.3. The average molecular weight is 570 g/mol. The maximum Gasteiger partial charge on any atom is 0.271 e. The Morgan fingerprint density at radius 1 is 0.860 bits per heavy atom. The highest BCUT2D eigenvalue weighted by Gasteiger charge is 2.27. The van der Waals surface area contributed by atoms with Crippen LogP contribution >= 0.6 is 0 Å². The molecule has 4 aromatic carbocycles. The first-order chi connectivity index (χ1) is 21.1. The molecule has 3 heterocycles. The summed E-state index contributed by atoms with van der Waals surface area (Å²) >= 11 is 0. The molecule has 2 aromatic heterocycles. The first kappa shape index (κ1) is 26.5. The number of hydrazine groups is 1. The summed E-state index contributed by atoms with van der Waals surface area (Å²) in [4.78, 5) is 26.4. The summed E-state index contributed by atoms with van der Waals surface area (Å²) in [6.45, 7) is 2.53. The number of benzene rings is 4. The van der Waals surface area contributed by atoms with Crippen LogP contribution in [0.3, 0.4) is 0 Å². The van der Waals surface area contributed by atoms with Crippen molar-refractivity contribution in [1.82, 2.24) is 30.1 Å². The molecule has 0 bridgehead atoms. The number of fused-ring (bicyclic) bond motifs is 2. The van der Waals surface area contributed by atoms with Crippen LogP contribution in [-0.4, -0.2) is 37.1 Å². The van der Waals surface area contributed by atoms with E-state index in [-0.39, 0.29) is 5.91 Å². The van der Waals surface area contributed by atoms with Crippen molar-refractivity contribution < 1.29 is 9.18 Å². The molecule has 9 heteroatoms. The standard InChI is InChI=1S/C34H28FN7O/c35-25-12-9-15-27(20-25)42(26-13-5-2-6-14-26)39-34(43)32-28-16-7-8-17-30(28)38-33(24-10-3-1-4-11-24)29(32)21-40-18-19-41-31(22-40)36-23-37-41/h1-17,20,23H,18-19,21-22H2,(H,39,43). The zero-order chi connectivity index (χ0) is 29.2. The average Bonchev–Trinajstić information content (AvgIpc) is 3.52. The third-order valence-electron chi connectivity index (χ3n) is 7.63. The van der Waals surface area contributed by atoms with E-state index in [0.717, 1.165) is 34.6 Å². The second-order valence-corrected chi connectivity index (χ2v) is 10.4. The molecular formula is C34H28FN7O. The predicted molar refractivity (Wildman–Crippen MR) is 164 cm³/mol. The molecule has 212 valence electrons. The van der Waals surface area contributed by atoms with E-state index in [4.69, 9.17) is 4.98 Å². The molecular weight excluding hydrogens is 541 g/mol. The van der Waals surface area contributed by atoms with Crippen LogP contribution in [0.5, 0.6) is 0 Å². The van der Waals surface area contributed by atoms with Gasteiger partial charge < -0.3 is 0 Å². The Bertz CT molecular complexity index is 1910. The number of halogens is 1. The van der Waals surface area contributed by atoms with E-state index in [0.29, 0.717) is 42.1 Å². The van der Waals surface area contributed by atoms with Crippen molar-refractivity contribution in [3.05, 3.63) is 138 Å². The molecule has 0 atom stereocenters. The Kier molecular flexibility index (Phi) is 7.06. The van der Waals surface area contributed by atoms with Gasteiger partial charge in [0.15, 0.2) is 0 Å². The van der Waals surface area contributed by atoms with Crippen molar-refractivity contribution >= 4 is 28.2 Å². The lowest BCUT2D eigenvalue weighted by molar-refractivity contribution is 0.0952. The van der Waals surface area contributed by atoms with Gasteiger partial charge in [-0.25, -0.2) is 19.0 Å². The summed E-state index contributed by atoms with van der Waals surface area (Å²) in [7, 11) is 0. The first-order valence-corrected chi connectivity index (χ1v) is 14.1. The van der Waals surface area contributed by atoms with Crippen LogP contribution < -0.4 is 10.4 Å². The molecule has 0 fully saturated rings. The second-order valence-electron chi connectivity index (χ2n) is 10.4. The van der Waals surface area contributed by atoms with E-state index in [1.54, 1.807) is 23.5 Å². The van der Waals surface area contributed by atoms with Gasteiger partial charge in [0.2, 0.25) is 0 Å². The summed E-state index contributed by atoms with van der Waals surface area (Å²) in [5.41, 5.74) is 8.01. The number of carbonyl (C=O) groups is 1. The van der Waals surface area contributed by atoms with Gasteiger partial charge in [0.1, 0.15) is 18.0 Å². The fourth-order valence-corrected chi connectivity index (χ4v) is 5.60. The number of anilines is 2. The van der Waals surface area contributed by atoms with Crippen molar-refractivity contribution in [2.45, 2.75) is 19.6 Å². The van der Waals surface area contributed by atoms with Crippen LogP contribution in [0.15, 0.2) is 116 Å². The summed E-state index contributed by atoms with van der Waals surface area (Å²) in [6, 6.07) is 33.2. The fourth-order valence-electron chi connectivity index (χ4n) is 5.60. The highest BCUT2D eigenvalue weighted by molar-refractivity contribution is 6.09. The molecule has 43 heavy (non-hydrogen) atoms. The van der Waals surface area contributed by atoms with Crippen LogP contribution in [0.2, 0.25) is 0 Å². The third-order valence-corrected chi connectivity index (χ3v) is 7.63. The number of nitrogens with zero attached hydrogens (tertiary/aromatic N) is 6. The van der Waals surface area contributed by atoms with Gasteiger partial charge in [-0.05, 0) is 36.4 Å². The number of carbonyl (C=O) groups excluding carboxylic acids is 1. The molecule has 0 radical (unpaired) electrons. The lowest BCUT2D eigenvalue weighted by atomic mass is 9.95. The number of aromatic nitrogens is 4. The molecule has 0 spiro atoms. The lowest BCUT2D eigenvalue weighted by Crippen LogP contribution is -2.40. The van der Waals surface area contributed by atoms with Crippen molar-refractivity contribution in [3.63, 3.8) is 0 Å². The fraction of sp³-hybridized carbons (Fsp3) is 0.118. The normalized spacial score (nSPS) is 13.0.